The molecule has 0 N–H and O–H groups in total. The molecule has 1 aromatic rings. The van der Waals surface area contributed by atoms with Gasteiger partial charge in [-0.05, 0) is 56.6 Å². The average molecular weight is 425 g/mol. The minimum absolute atomic E-state index is 0.165. The minimum atomic E-state index is -1.16. The fourth-order valence-corrected chi connectivity index (χ4v) is 8.72. The highest BCUT2D eigenvalue weighted by atomic mass is 28.3. The molecule has 162 valence electrons. The molecule has 2 fully saturated rings. The van der Waals surface area contributed by atoms with E-state index in [1.807, 2.05) is 0 Å². The molecule has 1 aliphatic carbocycles. The Kier molecular flexibility index (Phi) is 8.10. The molecule has 1 saturated heterocycles. The second-order valence-corrected chi connectivity index (χ2v) is 12.2. The predicted octanol–water partition coefficient (Wildman–Crippen LogP) is 6.12. The van der Waals surface area contributed by atoms with Crippen molar-refractivity contribution in [2.75, 3.05) is 6.61 Å². The first kappa shape index (κ1) is 22.3. The van der Waals surface area contributed by atoms with Crippen LogP contribution < -0.4 is 9.47 Å². The number of esters is 1. The SMILES string of the molecule is CCC[SiH]1CCC(C2CCC(C(=O)Oc3ccc(OCC)c(F)c3F)CC2)CC1. The molecule has 0 aromatic heterocycles. The van der Waals surface area contributed by atoms with Gasteiger partial charge in [0.25, 0.3) is 0 Å². The van der Waals surface area contributed by atoms with Gasteiger partial charge in [-0.25, -0.2) is 0 Å². The summed E-state index contributed by atoms with van der Waals surface area (Å²) in [5.74, 6) is -1.90. The molecule has 3 nitrogen and oxygen atoms in total. The Hall–Kier alpha value is -1.43. The molecule has 0 radical (unpaired) electrons. The van der Waals surface area contributed by atoms with Gasteiger partial charge in [0, 0.05) is 8.80 Å². The van der Waals surface area contributed by atoms with Gasteiger partial charge in [0.1, 0.15) is 0 Å². The second-order valence-electron chi connectivity index (χ2n) is 8.73. The molecule has 1 aliphatic heterocycles. The standard InChI is InChI=1S/C23H34F2O3Si/c1-3-13-29-14-11-17(12-15-29)16-5-7-18(8-6-16)23(26)28-20-10-9-19(27-4-2)21(24)22(20)25/h9-10,16-18,29H,3-8,11-15H2,1-2H3. The first-order valence-corrected chi connectivity index (χ1v) is 13.8. The van der Waals surface area contributed by atoms with Crippen molar-refractivity contribution in [2.45, 2.75) is 76.9 Å². The van der Waals surface area contributed by atoms with Crippen molar-refractivity contribution in [3.63, 3.8) is 0 Å². The van der Waals surface area contributed by atoms with Crippen LogP contribution in [0.5, 0.6) is 11.5 Å². The van der Waals surface area contributed by atoms with Crippen molar-refractivity contribution in [3.05, 3.63) is 23.8 Å². The number of rotatable bonds is 7. The summed E-state index contributed by atoms with van der Waals surface area (Å²) in [5.41, 5.74) is 0. The Balaban J connectivity index is 1.49. The van der Waals surface area contributed by atoms with Gasteiger partial charge in [0.15, 0.2) is 11.5 Å². The van der Waals surface area contributed by atoms with Crippen LogP contribution in [0.25, 0.3) is 0 Å². The maximum absolute atomic E-state index is 14.2. The molecular weight excluding hydrogens is 390 g/mol. The number of carbonyl (C=O) groups excluding carboxylic acids is 1. The van der Waals surface area contributed by atoms with E-state index in [0.717, 1.165) is 37.5 Å². The third kappa shape index (κ3) is 5.59. The predicted molar refractivity (Wildman–Crippen MR) is 113 cm³/mol. The molecule has 3 rings (SSSR count). The largest absolute Gasteiger partial charge is 0.491 e. The van der Waals surface area contributed by atoms with Crippen LogP contribution in [0.15, 0.2) is 12.1 Å². The average Bonchev–Trinajstić information content (AvgIpc) is 2.74. The maximum atomic E-state index is 14.2. The molecule has 1 saturated carbocycles. The molecule has 1 heterocycles. The van der Waals surface area contributed by atoms with E-state index < -0.39 is 26.4 Å². The van der Waals surface area contributed by atoms with E-state index in [4.69, 9.17) is 9.47 Å². The smallest absolute Gasteiger partial charge is 0.314 e. The monoisotopic (exact) mass is 424 g/mol. The molecule has 0 spiro atoms. The van der Waals surface area contributed by atoms with E-state index in [1.165, 1.54) is 49.5 Å². The number of benzene rings is 1. The number of hydrogen-bond donors (Lipinski definition) is 0. The number of hydrogen-bond acceptors (Lipinski definition) is 3. The summed E-state index contributed by atoms with van der Waals surface area (Å²) in [5, 5.41) is 0. The van der Waals surface area contributed by atoms with Crippen LogP contribution in [0.4, 0.5) is 8.78 Å². The van der Waals surface area contributed by atoms with Gasteiger partial charge in [-0.1, -0.05) is 44.3 Å². The lowest BCUT2D eigenvalue weighted by Gasteiger charge is -2.37. The van der Waals surface area contributed by atoms with Crippen molar-refractivity contribution in [3.8, 4) is 11.5 Å². The quantitative estimate of drug-likeness (QED) is 0.300. The van der Waals surface area contributed by atoms with E-state index in [2.05, 4.69) is 6.92 Å². The minimum Gasteiger partial charge on any atom is -0.491 e. The third-order valence-electron chi connectivity index (χ3n) is 6.88. The van der Waals surface area contributed by atoms with E-state index in [-0.39, 0.29) is 24.0 Å². The van der Waals surface area contributed by atoms with Crippen molar-refractivity contribution in [2.24, 2.45) is 17.8 Å². The van der Waals surface area contributed by atoms with E-state index in [0.29, 0.717) is 0 Å². The van der Waals surface area contributed by atoms with Gasteiger partial charge in [-0.2, -0.15) is 8.78 Å². The molecular formula is C23H34F2O3Si. The maximum Gasteiger partial charge on any atom is 0.314 e. The van der Waals surface area contributed by atoms with E-state index >= 15 is 0 Å². The molecule has 29 heavy (non-hydrogen) atoms. The van der Waals surface area contributed by atoms with Crippen molar-refractivity contribution < 1.29 is 23.0 Å². The second kappa shape index (κ2) is 10.6. The first-order chi connectivity index (χ1) is 14.0. The lowest BCUT2D eigenvalue weighted by Crippen LogP contribution is -2.31. The third-order valence-corrected chi connectivity index (χ3v) is 10.6. The topological polar surface area (TPSA) is 35.5 Å². The summed E-state index contributed by atoms with van der Waals surface area (Å²) in [6.07, 6.45) is 7.78. The summed E-state index contributed by atoms with van der Waals surface area (Å²) < 4.78 is 38.4. The fourth-order valence-electron chi connectivity index (χ4n) is 5.23. The molecule has 0 bridgehead atoms. The lowest BCUT2D eigenvalue weighted by atomic mass is 9.74. The van der Waals surface area contributed by atoms with Crippen LogP contribution >= 0.6 is 0 Å². The summed E-state index contributed by atoms with van der Waals surface area (Å²) >= 11 is 0. The summed E-state index contributed by atoms with van der Waals surface area (Å²) in [6.45, 7) is 4.23. The number of carbonyl (C=O) groups is 1. The summed E-state index contributed by atoms with van der Waals surface area (Å²) in [7, 11) is -0.454. The van der Waals surface area contributed by atoms with Crippen LogP contribution in [0.3, 0.4) is 0 Å². The Morgan fingerprint density at radius 3 is 2.17 bits per heavy atom. The summed E-state index contributed by atoms with van der Waals surface area (Å²) in [4.78, 5) is 12.5. The highest BCUT2D eigenvalue weighted by Crippen LogP contribution is 2.41. The van der Waals surface area contributed by atoms with Gasteiger partial charge < -0.3 is 9.47 Å². The van der Waals surface area contributed by atoms with Crippen LogP contribution in [0.1, 0.15) is 58.8 Å². The van der Waals surface area contributed by atoms with Crippen molar-refractivity contribution in [1.82, 2.24) is 0 Å². The zero-order chi connectivity index (χ0) is 20.8. The molecule has 0 amide bonds. The Morgan fingerprint density at radius 2 is 1.55 bits per heavy atom. The molecule has 6 heteroatoms. The van der Waals surface area contributed by atoms with Crippen LogP contribution in [0, 0.1) is 29.4 Å². The zero-order valence-electron chi connectivity index (χ0n) is 17.7. The number of halogens is 2. The van der Waals surface area contributed by atoms with Gasteiger partial charge in [-0.15, -0.1) is 0 Å². The van der Waals surface area contributed by atoms with Crippen LogP contribution in [-0.4, -0.2) is 21.4 Å². The van der Waals surface area contributed by atoms with Gasteiger partial charge >= 0.3 is 5.97 Å². The van der Waals surface area contributed by atoms with Crippen LogP contribution in [-0.2, 0) is 4.79 Å². The fraction of sp³-hybridized carbons (Fsp3) is 0.696. The first-order valence-electron chi connectivity index (χ1n) is 11.4. The number of ether oxygens (including phenoxy) is 2. The van der Waals surface area contributed by atoms with Crippen molar-refractivity contribution in [1.29, 1.82) is 0 Å². The Morgan fingerprint density at radius 1 is 0.966 bits per heavy atom. The van der Waals surface area contributed by atoms with E-state index in [9.17, 15) is 13.6 Å². The highest BCUT2D eigenvalue weighted by Gasteiger charge is 2.34. The van der Waals surface area contributed by atoms with Crippen molar-refractivity contribution >= 4 is 14.8 Å². The summed E-state index contributed by atoms with van der Waals surface area (Å²) in [6, 6.07) is 7.05. The molecule has 0 unspecified atom stereocenters. The van der Waals surface area contributed by atoms with Gasteiger partial charge in [0.05, 0.1) is 12.5 Å². The zero-order valence-corrected chi connectivity index (χ0v) is 18.9. The van der Waals surface area contributed by atoms with E-state index in [1.54, 1.807) is 6.92 Å². The van der Waals surface area contributed by atoms with Crippen LogP contribution in [0.2, 0.25) is 18.1 Å². The van der Waals surface area contributed by atoms with Gasteiger partial charge in [0.2, 0.25) is 11.6 Å². The Labute approximate surface area is 174 Å². The molecule has 2 aliphatic rings. The Bertz CT molecular complexity index is 681. The lowest BCUT2D eigenvalue weighted by molar-refractivity contribution is -0.140. The van der Waals surface area contributed by atoms with Gasteiger partial charge in [-0.3, -0.25) is 4.79 Å². The molecule has 1 aromatic carbocycles. The normalized spacial score (nSPS) is 27.4. The highest BCUT2D eigenvalue weighted by molar-refractivity contribution is 6.58. The molecule has 0 atom stereocenters.